The van der Waals surface area contributed by atoms with Crippen LogP contribution in [0.15, 0.2) is 36.5 Å². The van der Waals surface area contributed by atoms with Crippen LogP contribution >= 0.6 is 0 Å². The highest BCUT2D eigenvalue weighted by Gasteiger charge is 2.62. The molecule has 15 nitrogen and oxygen atoms in total. The maximum atomic E-state index is 14.8. The van der Waals surface area contributed by atoms with Gasteiger partial charge in [-0.1, -0.05) is 26.0 Å². The Balaban J connectivity index is 1.23. The number of nitrogens with zero attached hydrogens (tertiary/aromatic N) is 3. The molecule has 7 unspecified atom stereocenters. The number of hydrogen-bond acceptors (Lipinski definition) is 11. The number of rotatable bonds is 7. The number of alkyl halides is 3. The van der Waals surface area contributed by atoms with Gasteiger partial charge in [0.05, 0.1) is 24.0 Å². The Morgan fingerprint density at radius 1 is 1.07 bits per heavy atom. The lowest BCUT2D eigenvalue weighted by molar-refractivity contribution is -0.244. The quantitative estimate of drug-likeness (QED) is 0.337. The molecule has 5 aliphatic rings. The van der Waals surface area contributed by atoms with Gasteiger partial charge in [-0.3, -0.25) is 19.1 Å². The summed E-state index contributed by atoms with van der Waals surface area (Å²) < 4.78 is 86.5. The second-order valence-corrected chi connectivity index (χ2v) is 19.1. The number of hydrogen-bond donors (Lipinski definition) is 3. The van der Waals surface area contributed by atoms with E-state index < -0.39 is 86.4 Å². The first-order chi connectivity index (χ1) is 27.7. The van der Waals surface area contributed by atoms with Crippen molar-refractivity contribution in [1.82, 2.24) is 25.2 Å². The van der Waals surface area contributed by atoms with Crippen LogP contribution in [0.1, 0.15) is 72.6 Å². The number of carbonyl (C=O) groups is 4. The smallest absolute Gasteiger partial charge is 0.427 e. The van der Waals surface area contributed by atoms with Gasteiger partial charge in [-0.25, -0.2) is 18.2 Å². The number of fused-ring (bicyclic) bond motifs is 5. The summed E-state index contributed by atoms with van der Waals surface area (Å²) in [5, 5.41) is 5.83. The molecular formula is C40H51F3N6O9S. The predicted octanol–water partition coefficient (Wildman–Crippen LogP) is 4.34. The van der Waals surface area contributed by atoms with Crippen molar-refractivity contribution in [1.29, 1.82) is 0 Å². The number of nitrogens with one attached hydrogen (secondary N) is 3. The van der Waals surface area contributed by atoms with E-state index in [0.717, 1.165) is 11.1 Å². The maximum Gasteiger partial charge on any atom is 0.427 e. The molecule has 7 atom stereocenters. The van der Waals surface area contributed by atoms with Gasteiger partial charge in [-0.05, 0) is 82.4 Å². The van der Waals surface area contributed by atoms with Gasteiger partial charge < -0.3 is 34.6 Å². The lowest BCUT2D eigenvalue weighted by Crippen LogP contribution is -2.59. The average molecular weight is 849 g/mol. The van der Waals surface area contributed by atoms with Crippen LogP contribution in [0.4, 0.5) is 23.7 Å². The van der Waals surface area contributed by atoms with Gasteiger partial charge in [-0.2, -0.15) is 13.2 Å². The minimum atomic E-state index is -4.91. The zero-order valence-electron chi connectivity index (χ0n) is 33.6. The summed E-state index contributed by atoms with van der Waals surface area (Å²) in [4.78, 5) is 64.0. The van der Waals surface area contributed by atoms with Crippen molar-refractivity contribution in [2.45, 2.75) is 113 Å². The van der Waals surface area contributed by atoms with Gasteiger partial charge in [0.2, 0.25) is 33.3 Å². The molecule has 322 valence electrons. The summed E-state index contributed by atoms with van der Waals surface area (Å²) in [5.41, 5.74) is -3.63. The van der Waals surface area contributed by atoms with Crippen molar-refractivity contribution < 1.29 is 55.0 Å². The molecule has 2 saturated carbocycles. The number of halogens is 3. The molecule has 59 heavy (non-hydrogen) atoms. The number of benzene rings is 1. The standard InChI is InChI=1S/C40H51F3N6O9S/c1-22-8-6-7-9-24-20-39(24,36(52)47-59(54,55)26-10-11-26)46-33(50)30-19-25(57-34-28-12-13-29-32(27(28)14-15-44-34)56-17-16-48(29)5)21-49(30)35(51)31(23(2)18-22)45-37(53)58-38(3,4)40(41,42)43/h7,9,12-15,22-26,30-31H,6,8,10-11,16-21H2,1-5H3,(H,45,53)(H,46,50)(H,47,52). The van der Waals surface area contributed by atoms with Gasteiger partial charge in [0.15, 0.2) is 5.75 Å². The van der Waals surface area contributed by atoms with E-state index in [2.05, 4.69) is 25.2 Å². The largest absolute Gasteiger partial charge is 0.489 e. The van der Waals surface area contributed by atoms with Crippen molar-refractivity contribution in [3.63, 3.8) is 0 Å². The number of likely N-dealkylation sites (N-methyl/N-ethyl adjacent to an activating group) is 1. The van der Waals surface area contributed by atoms with E-state index in [1.807, 2.05) is 32.2 Å². The van der Waals surface area contributed by atoms with E-state index in [4.69, 9.17) is 14.2 Å². The number of amides is 4. The fraction of sp³-hybridized carbons (Fsp3) is 0.625. The number of anilines is 1. The molecule has 0 radical (unpaired) electrons. The van der Waals surface area contributed by atoms with Crippen LogP contribution < -0.4 is 29.7 Å². The first kappa shape index (κ1) is 42.3. The molecule has 3 fully saturated rings. The maximum absolute atomic E-state index is 14.8. The van der Waals surface area contributed by atoms with Crippen molar-refractivity contribution in [3.05, 3.63) is 36.5 Å². The van der Waals surface area contributed by atoms with E-state index in [-0.39, 0.29) is 31.2 Å². The van der Waals surface area contributed by atoms with Crippen LogP contribution in [-0.2, 0) is 29.1 Å². The molecule has 0 bridgehead atoms. The minimum Gasteiger partial charge on any atom is -0.489 e. The Morgan fingerprint density at radius 2 is 1.81 bits per heavy atom. The molecule has 19 heteroatoms. The van der Waals surface area contributed by atoms with Gasteiger partial charge in [0, 0.05) is 36.4 Å². The topological polar surface area (TPSA) is 186 Å². The van der Waals surface area contributed by atoms with Crippen molar-refractivity contribution in [3.8, 4) is 11.6 Å². The summed E-state index contributed by atoms with van der Waals surface area (Å²) in [7, 11) is -2.03. The Labute approximate surface area is 340 Å². The monoisotopic (exact) mass is 848 g/mol. The first-order valence-electron chi connectivity index (χ1n) is 20.0. The first-order valence-corrected chi connectivity index (χ1v) is 21.6. The van der Waals surface area contributed by atoms with Crippen LogP contribution in [0.3, 0.4) is 0 Å². The number of allylic oxidation sites excluding steroid dienone is 1. The van der Waals surface area contributed by atoms with E-state index in [1.165, 1.54) is 4.90 Å². The molecule has 3 N–H and O–H groups in total. The Hall–Kier alpha value is -4.81. The van der Waals surface area contributed by atoms with Crippen LogP contribution in [0, 0.1) is 17.8 Å². The number of sulfonamides is 1. The molecular weight excluding hydrogens is 798 g/mol. The molecule has 2 aromatic rings. The molecule has 2 aliphatic carbocycles. The highest BCUT2D eigenvalue weighted by molar-refractivity contribution is 7.91. The average Bonchev–Trinajstić information content (AvgIpc) is 4.08. The molecule has 7 rings (SSSR count). The number of alkyl carbamates (subject to hydrolysis) is 1. The summed E-state index contributed by atoms with van der Waals surface area (Å²) in [6.45, 7) is 5.98. The molecule has 1 aromatic carbocycles. The third kappa shape index (κ3) is 8.62. The fourth-order valence-electron chi connectivity index (χ4n) is 8.24. The second kappa shape index (κ2) is 15.7. The molecule has 1 aromatic heterocycles. The lowest BCUT2D eigenvalue weighted by Gasteiger charge is -2.34. The van der Waals surface area contributed by atoms with Crippen LogP contribution in [0.5, 0.6) is 11.6 Å². The Kier molecular flexibility index (Phi) is 11.2. The third-order valence-electron chi connectivity index (χ3n) is 12.1. The SMILES string of the molecule is CC1CCC=CC2CC2(C(=O)NS(=O)(=O)C2CC2)NC(=O)C2CC(Oc3nccc4c5c(ccc34)N(C)CCO5)CN2C(=O)C(NC(=O)OC(C)(C)C(F)(F)F)C(C)C1. The zero-order valence-corrected chi connectivity index (χ0v) is 34.5. The number of carbonyl (C=O) groups excluding carboxylic acids is 4. The van der Waals surface area contributed by atoms with Crippen molar-refractivity contribution in [2.75, 3.05) is 31.6 Å². The van der Waals surface area contributed by atoms with E-state index in [1.54, 1.807) is 25.3 Å². The normalized spacial score (nSPS) is 29.2. The van der Waals surface area contributed by atoms with E-state index >= 15 is 0 Å². The second-order valence-electron chi connectivity index (χ2n) is 17.2. The predicted molar refractivity (Wildman–Crippen MR) is 209 cm³/mol. The molecule has 4 amide bonds. The molecule has 3 aliphatic heterocycles. The van der Waals surface area contributed by atoms with Gasteiger partial charge in [0.1, 0.15) is 30.3 Å². The third-order valence-corrected chi connectivity index (χ3v) is 13.9. The summed E-state index contributed by atoms with van der Waals surface area (Å²) in [6, 6.07) is 2.76. The van der Waals surface area contributed by atoms with Crippen LogP contribution in [0.2, 0.25) is 0 Å². The van der Waals surface area contributed by atoms with Crippen molar-refractivity contribution >= 4 is 50.3 Å². The summed E-state index contributed by atoms with van der Waals surface area (Å²) in [5.74, 6) is -2.79. The van der Waals surface area contributed by atoms with E-state index in [0.29, 0.717) is 70.2 Å². The number of aromatic nitrogens is 1. The van der Waals surface area contributed by atoms with Crippen LogP contribution in [0.25, 0.3) is 10.8 Å². The van der Waals surface area contributed by atoms with Gasteiger partial charge in [-0.15, -0.1) is 0 Å². The van der Waals surface area contributed by atoms with Gasteiger partial charge >= 0.3 is 12.3 Å². The summed E-state index contributed by atoms with van der Waals surface area (Å²) in [6.07, 6.45) is 0.321. The molecule has 4 heterocycles. The van der Waals surface area contributed by atoms with Crippen molar-refractivity contribution in [2.24, 2.45) is 17.8 Å². The van der Waals surface area contributed by atoms with Gasteiger partial charge in [0.25, 0.3) is 5.91 Å². The Bertz CT molecular complexity index is 2150. The highest BCUT2D eigenvalue weighted by Crippen LogP contribution is 2.47. The van der Waals surface area contributed by atoms with Crippen LogP contribution in [-0.4, -0.2) is 110 Å². The fourth-order valence-corrected chi connectivity index (χ4v) is 9.61. The number of ether oxygens (including phenoxy) is 3. The molecule has 0 spiro atoms. The Morgan fingerprint density at radius 3 is 2.53 bits per heavy atom. The summed E-state index contributed by atoms with van der Waals surface area (Å²) >= 11 is 0. The minimum absolute atomic E-state index is 0.0346. The lowest BCUT2D eigenvalue weighted by atomic mass is 9.88. The molecule has 1 saturated heterocycles. The van der Waals surface area contributed by atoms with E-state index in [9.17, 15) is 40.8 Å². The highest BCUT2D eigenvalue weighted by atomic mass is 32.2. The number of pyridine rings is 1. The zero-order chi connectivity index (χ0) is 42.7.